The molecule has 0 spiro atoms. The molecule has 0 bridgehead atoms. The van der Waals surface area contributed by atoms with Gasteiger partial charge in [-0.3, -0.25) is 4.79 Å². The molecule has 0 fully saturated rings. The third-order valence-electron chi connectivity index (χ3n) is 3.80. The van der Waals surface area contributed by atoms with Crippen LogP contribution >= 0.6 is 0 Å². The van der Waals surface area contributed by atoms with Crippen molar-refractivity contribution in [2.45, 2.75) is 26.2 Å². The van der Waals surface area contributed by atoms with Gasteiger partial charge in [0.2, 0.25) is 0 Å². The van der Waals surface area contributed by atoms with Gasteiger partial charge in [0, 0.05) is 24.8 Å². The molecule has 1 amide bonds. The number of anilines is 2. The molecule has 0 radical (unpaired) electrons. The van der Waals surface area contributed by atoms with Crippen molar-refractivity contribution >= 4 is 17.4 Å². The van der Waals surface area contributed by atoms with Gasteiger partial charge in [-0.2, -0.15) is 0 Å². The average Bonchev–Trinajstić information content (AvgIpc) is 2.59. The van der Waals surface area contributed by atoms with E-state index in [-0.39, 0.29) is 5.91 Å². The van der Waals surface area contributed by atoms with Crippen molar-refractivity contribution in [3.63, 3.8) is 0 Å². The van der Waals surface area contributed by atoms with Crippen molar-refractivity contribution in [2.75, 3.05) is 23.3 Å². The molecule has 1 aromatic heterocycles. The Hall–Kier alpha value is -2.43. The van der Waals surface area contributed by atoms with E-state index in [2.05, 4.69) is 28.3 Å². The maximum absolute atomic E-state index is 12.8. The molecular weight excluding hydrogens is 276 g/mol. The van der Waals surface area contributed by atoms with Crippen LogP contribution in [0.4, 0.5) is 11.5 Å². The molecule has 1 aromatic carbocycles. The molecule has 114 valence electrons. The van der Waals surface area contributed by atoms with E-state index in [9.17, 15) is 4.79 Å². The maximum atomic E-state index is 12.8. The first kappa shape index (κ1) is 14.5. The lowest BCUT2D eigenvalue weighted by Gasteiger charge is -2.29. The van der Waals surface area contributed by atoms with Crippen LogP contribution in [0.25, 0.3) is 0 Å². The number of fused-ring (bicyclic) bond motifs is 1. The molecule has 2 heterocycles. The lowest BCUT2D eigenvalue weighted by atomic mass is 10.0. The predicted octanol–water partition coefficient (Wildman–Crippen LogP) is 2.89. The van der Waals surface area contributed by atoms with E-state index in [1.54, 1.807) is 6.07 Å². The molecule has 0 unspecified atom stereocenters. The van der Waals surface area contributed by atoms with Gasteiger partial charge in [0.15, 0.2) is 0 Å². The Kier molecular flexibility index (Phi) is 4.32. The van der Waals surface area contributed by atoms with Gasteiger partial charge in [-0.15, -0.1) is 0 Å². The summed E-state index contributed by atoms with van der Waals surface area (Å²) in [6.45, 7) is 3.65. The van der Waals surface area contributed by atoms with E-state index >= 15 is 0 Å². The van der Waals surface area contributed by atoms with E-state index in [1.807, 2.05) is 23.1 Å². The summed E-state index contributed by atoms with van der Waals surface area (Å²) in [5.74, 6) is 0.639. The number of carbonyl (C=O) groups is 1. The fraction of sp³-hybridized carbons (Fsp3) is 0.353. The first-order chi connectivity index (χ1) is 10.8. The van der Waals surface area contributed by atoms with Crippen molar-refractivity contribution in [1.29, 1.82) is 0 Å². The molecule has 0 saturated carbocycles. The smallest absolute Gasteiger partial charge is 0.277 e. The van der Waals surface area contributed by atoms with Crippen LogP contribution in [0, 0.1) is 0 Å². The maximum Gasteiger partial charge on any atom is 0.277 e. The van der Waals surface area contributed by atoms with Crippen LogP contribution in [-0.4, -0.2) is 29.0 Å². The number of hydrogen-bond donors (Lipinski definition) is 1. The Labute approximate surface area is 130 Å². The number of carbonyl (C=O) groups excluding carboxylic acids is 1. The molecule has 5 nitrogen and oxygen atoms in total. The van der Waals surface area contributed by atoms with Crippen LogP contribution in [0.15, 0.2) is 36.7 Å². The molecule has 22 heavy (non-hydrogen) atoms. The second-order valence-electron chi connectivity index (χ2n) is 5.40. The first-order valence-electron chi connectivity index (χ1n) is 7.75. The predicted molar refractivity (Wildman–Crippen MR) is 87.3 cm³/mol. The van der Waals surface area contributed by atoms with Gasteiger partial charge in [-0.05, 0) is 30.9 Å². The molecule has 2 aromatic rings. The Morgan fingerprint density at radius 1 is 1.32 bits per heavy atom. The average molecular weight is 296 g/mol. The molecule has 0 saturated heterocycles. The highest BCUT2D eigenvalue weighted by Crippen LogP contribution is 2.27. The van der Waals surface area contributed by atoms with E-state index in [0.717, 1.165) is 38.0 Å². The number of aryl methyl sites for hydroxylation is 1. The molecule has 1 aliphatic rings. The van der Waals surface area contributed by atoms with Gasteiger partial charge < -0.3 is 10.2 Å². The molecule has 0 atom stereocenters. The molecule has 0 aliphatic carbocycles. The Balaban J connectivity index is 1.86. The molecule has 5 heteroatoms. The topological polar surface area (TPSA) is 58.1 Å². The first-order valence-corrected chi connectivity index (χ1v) is 7.75. The van der Waals surface area contributed by atoms with Crippen LogP contribution in [0.1, 0.15) is 35.8 Å². The number of para-hydroxylation sites is 1. The second-order valence-corrected chi connectivity index (χ2v) is 5.40. The Morgan fingerprint density at radius 2 is 2.18 bits per heavy atom. The zero-order chi connectivity index (χ0) is 15.4. The lowest BCUT2D eigenvalue weighted by Crippen LogP contribution is -2.36. The van der Waals surface area contributed by atoms with Crippen LogP contribution in [0.2, 0.25) is 0 Å². The van der Waals surface area contributed by atoms with Gasteiger partial charge >= 0.3 is 0 Å². The van der Waals surface area contributed by atoms with Crippen LogP contribution in [0.3, 0.4) is 0 Å². The van der Waals surface area contributed by atoms with Crippen molar-refractivity contribution in [2.24, 2.45) is 0 Å². The van der Waals surface area contributed by atoms with Crippen molar-refractivity contribution < 1.29 is 4.79 Å². The fourth-order valence-electron chi connectivity index (χ4n) is 2.71. The minimum absolute atomic E-state index is 0.0610. The molecule has 3 rings (SSSR count). The number of nitrogens with zero attached hydrogens (tertiary/aromatic N) is 3. The summed E-state index contributed by atoms with van der Waals surface area (Å²) in [5, 5.41) is 3.19. The second kappa shape index (κ2) is 6.56. The van der Waals surface area contributed by atoms with Gasteiger partial charge in [-0.1, -0.05) is 25.1 Å². The normalized spacial score (nSPS) is 13.6. The molecule has 1 N–H and O–H groups in total. The number of nitrogens with one attached hydrogen (secondary N) is 1. The van der Waals surface area contributed by atoms with E-state index in [1.165, 1.54) is 11.9 Å². The van der Waals surface area contributed by atoms with E-state index < -0.39 is 0 Å². The quantitative estimate of drug-likeness (QED) is 0.942. The van der Waals surface area contributed by atoms with Crippen LogP contribution < -0.4 is 10.2 Å². The van der Waals surface area contributed by atoms with Gasteiger partial charge in [0.1, 0.15) is 17.8 Å². The highest BCUT2D eigenvalue weighted by Gasteiger charge is 2.24. The number of benzene rings is 1. The number of rotatable bonds is 4. The highest BCUT2D eigenvalue weighted by molar-refractivity contribution is 6.05. The van der Waals surface area contributed by atoms with E-state index in [0.29, 0.717) is 11.5 Å². The monoisotopic (exact) mass is 296 g/mol. The largest absolute Gasteiger partial charge is 0.370 e. The van der Waals surface area contributed by atoms with Crippen LogP contribution in [0.5, 0.6) is 0 Å². The number of hydrogen-bond acceptors (Lipinski definition) is 4. The SMILES string of the molecule is CCCNc1cc(C(=O)N2CCCc3ccccc32)ncn1. The Bertz CT molecular complexity index is 671. The van der Waals surface area contributed by atoms with Crippen molar-refractivity contribution in [3.8, 4) is 0 Å². The molecule has 1 aliphatic heterocycles. The lowest BCUT2D eigenvalue weighted by molar-refractivity contribution is 0.0980. The van der Waals surface area contributed by atoms with Crippen LogP contribution in [-0.2, 0) is 6.42 Å². The van der Waals surface area contributed by atoms with Crippen molar-refractivity contribution in [3.05, 3.63) is 47.9 Å². The van der Waals surface area contributed by atoms with E-state index in [4.69, 9.17) is 0 Å². The number of amides is 1. The zero-order valence-corrected chi connectivity index (χ0v) is 12.7. The third kappa shape index (κ3) is 2.93. The highest BCUT2D eigenvalue weighted by atomic mass is 16.2. The Morgan fingerprint density at radius 3 is 3.05 bits per heavy atom. The summed E-state index contributed by atoms with van der Waals surface area (Å²) in [4.78, 5) is 22.9. The number of aromatic nitrogens is 2. The summed E-state index contributed by atoms with van der Waals surface area (Å²) < 4.78 is 0. The van der Waals surface area contributed by atoms with Crippen molar-refractivity contribution in [1.82, 2.24) is 9.97 Å². The third-order valence-corrected chi connectivity index (χ3v) is 3.80. The molecular formula is C17H20N4O. The summed E-state index contributed by atoms with van der Waals surface area (Å²) in [7, 11) is 0. The standard InChI is InChI=1S/C17H20N4O/c1-2-9-18-16-11-14(19-12-20-16)17(22)21-10-5-7-13-6-3-4-8-15(13)21/h3-4,6,8,11-12H,2,5,7,9-10H2,1H3,(H,18,19,20). The van der Waals surface area contributed by atoms with Gasteiger partial charge in [0.05, 0.1) is 0 Å². The summed E-state index contributed by atoms with van der Waals surface area (Å²) >= 11 is 0. The minimum Gasteiger partial charge on any atom is -0.370 e. The zero-order valence-electron chi connectivity index (χ0n) is 12.7. The fourth-order valence-corrected chi connectivity index (χ4v) is 2.71. The summed E-state index contributed by atoms with van der Waals surface area (Å²) in [6.07, 6.45) is 4.45. The van der Waals surface area contributed by atoms with Gasteiger partial charge in [0.25, 0.3) is 5.91 Å². The summed E-state index contributed by atoms with van der Waals surface area (Å²) in [6, 6.07) is 9.81. The minimum atomic E-state index is -0.0610. The van der Waals surface area contributed by atoms with Gasteiger partial charge in [-0.25, -0.2) is 9.97 Å². The summed E-state index contributed by atoms with van der Waals surface area (Å²) in [5.41, 5.74) is 2.66.